The molecule has 0 unspecified atom stereocenters. The SMILES string of the molecule is Cc1ccc(F)c2cc(C(=O)Nc3cccc(N4CCC5(CC4)CN(CC(F)(F)F)C5)c3)[nH]c12. The van der Waals surface area contributed by atoms with E-state index in [0.29, 0.717) is 29.7 Å². The first-order valence-electron chi connectivity index (χ1n) is 11.3. The number of H-pyrrole nitrogens is 1. The Labute approximate surface area is 194 Å². The molecule has 2 aliphatic heterocycles. The zero-order chi connectivity index (χ0) is 24.1. The van der Waals surface area contributed by atoms with Gasteiger partial charge in [-0.3, -0.25) is 9.69 Å². The molecule has 1 spiro atoms. The predicted octanol–water partition coefficient (Wildman–Crippen LogP) is 5.33. The van der Waals surface area contributed by atoms with E-state index in [4.69, 9.17) is 0 Å². The highest BCUT2D eigenvalue weighted by Crippen LogP contribution is 2.42. The van der Waals surface area contributed by atoms with Gasteiger partial charge < -0.3 is 15.2 Å². The van der Waals surface area contributed by atoms with Crippen LogP contribution in [0.2, 0.25) is 0 Å². The number of fused-ring (bicyclic) bond motifs is 1. The molecule has 3 heterocycles. The maximum Gasteiger partial charge on any atom is 0.401 e. The Balaban J connectivity index is 1.22. The molecule has 5 rings (SSSR count). The fraction of sp³-hybridized carbons (Fsp3) is 0.400. The van der Waals surface area contributed by atoms with Crippen LogP contribution in [0.4, 0.5) is 28.9 Å². The van der Waals surface area contributed by atoms with Gasteiger partial charge in [-0.05, 0) is 61.1 Å². The van der Waals surface area contributed by atoms with Crippen molar-refractivity contribution < 1.29 is 22.4 Å². The van der Waals surface area contributed by atoms with E-state index in [1.54, 1.807) is 12.1 Å². The summed E-state index contributed by atoms with van der Waals surface area (Å²) in [5.41, 5.74) is 3.30. The summed E-state index contributed by atoms with van der Waals surface area (Å²) in [6.07, 6.45) is -2.46. The minimum absolute atomic E-state index is 0.0173. The second kappa shape index (κ2) is 8.30. The van der Waals surface area contributed by atoms with Gasteiger partial charge in [-0.25, -0.2) is 4.39 Å². The number of amides is 1. The Morgan fingerprint density at radius 3 is 2.53 bits per heavy atom. The highest BCUT2D eigenvalue weighted by molar-refractivity contribution is 6.06. The number of halogens is 4. The lowest BCUT2D eigenvalue weighted by molar-refractivity contribution is -0.171. The Morgan fingerprint density at radius 2 is 1.85 bits per heavy atom. The number of benzene rings is 2. The maximum atomic E-state index is 14.1. The third kappa shape index (κ3) is 4.49. The number of nitrogens with zero attached hydrogens (tertiary/aromatic N) is 2. The van der Waals surface area contributed by atoms with Crippen molar-refractivity contribution in [2.75, 3.05) is 42.9 Å². The second-order valence-electron chi connectivity index (χ2n) is 9.59. The summed E-state index contributed by atoms with van der Waals surface area (Å²) >= 11 is 0. The first kappa shape index (κ1) is 22.7. The van der Waals surface area contributed by atoms with E-state index in [-0.39, 0.29) is 22.8 Å². The van der Waals surface area contributed by atoms with Crippen LogP contribution in [0.15, 0.2) is 42.5 Å². The number of piperidine rings is 1. The molecule has 2 N–H and O–H groups in total. The van der Waals surface area contributed by atoms with Gasteiger partial charge in [-0.2, -0.15) is 13.2 Å². The number of rotatable bonds is 4. The summed E-state index contributed by atoms with van der Waals surface area (Å²) in [5.74, 6) is -0.738. The largest absolute Gasteiger partial charge is 0.401 e. The quantitative estimate of drug-likeness (QED) is 0.503. The summed E-state index contributed by atoms with van der Waals surface area (Å²) in [4.78, 5) is 19.5. The van der Waals surface area contributed by atoms with Crippen molar-refractivity contribution in [3.8, 4) is 0 Å². The number of anilines is 2. The Morgan fingerprint density at radius 1 is 1.12 bits per heavy atom. The molecular formula is C25H26F4N4O. The molecule has 0 saturated carbocycles. The number of alkyl halides is 3. The average molecular weight is 475 g/mol. The van der Waals surface area contributed by atoms with E-state index < -0.39 is 12.7 Å². The van der Waals surface area contributed by atoms with Gasteiger partial charge >= 0.3 is 6.18 Å². The molecule has 0 bridgehead atoms. The fourth-order valence-corrected chi connectivity index (χ4v) is 5.25. The van der Waals surface area contributed by atoms with E-state index in [2.05, 4.69) is 15.2 Å². The van der Waals surface area contributed by atoms with Crippen molar-refractivity contribution in [3.63, 3.8) is 0 Å². The van der Waals surface area contributed by atoms with Crippen LogP contribution in [-0.2, 0) is 0 Å². The van der Waals surface area contributed by atoms with Crippen molar-refractivity contribution in [1.29, 1.82) is 0 Å². The second-order valence-corrected chi connectivity index (χ2v) is 9.59. The lowest BCUT2D eigenvalue weighted by Gasteiger charge is -2.54. The zero-order valence-corrected chi connectivity index (χ0v) is 18.8. The Hall–Kier alpha value is -3.07. The number of carbonyl (C=O) groups is 1. The van der Waals surface area contributed by atoms with E-state index in [0.717, 1.165) is 37.2 Å². The van der Waals surface area contributed by atoms with Crippen LogP contribution in [-0.4, -0.2) is 54.7 Å². The van der Waals surface area contributed by atoms with Crippen LogP contribution < -0.4 is 10.2 Å². The van der Waals surface area contributed by atoms with Gasteiger partial charge in [-0.1, -0.05) is 12.1 Å². The predicted molar refractivity (Wildman–Crippen MR) is 124 cm³/mol. The van der Waals surface area contributed by atoms with Crippen LogP contribution >= 0.6 is 0 Å². The van der Waals surface area contributed by atoms with Crippen molar-refractivity contribution in [1.82, 2.24) is 9.88 Å². The molecule has 0 atom stereocenters. The highest BCUT2D eigenvalue weighted by Gasteiger charge is 2.47. The lowest BCUT2D eigenvalue weighted by atomic mass is 9.72. The molecule has 2 aromatic carbocycles. The fourth-order valence-electron chi connectivity index (χ4n) is 5.25. The number of carbonyl (C=O) groups excluding carboxylic acids is 1. The minimum Gasteiger partial charge on any atom is -0.371 e. The summed E-state index contributed by atoms with van der Waals surface area (Å²) in [6.45, 7) is 3.55. The standard InChI is InChI=1S/C25H26F4N4O/c1-16-5-6-20(26)19-12-21(31-22(16)19)23(34)30-17-3-2-4-18(11-17)33-9-7-24(8-10-33)13-32(14-24)15-25(27,28)29/h2-6,11-12,31H,7-10,13-15H2,1H3,(H,30,34). The number of hydrogen-bond donors (Lipinski definition) is 2. The van der Waals surface area contributed by atoms with Crippen LogP contribution in [0, 0.1) is 18.2 Å². The molecule has 1 aromatic heterocycles. The molecule has 9 heteroatoms. The summed E-state index contributed by atoms with van der Waals surface area (Å²) in [5, 5.41) is 3.25. The van der Waals surface area contributed by atoms with Crippen molar-refractivity contribution in [2.24, 2.45) is 5.41 Å². The van der Waals surface area contributed by atoms with Gasteiger partial charge in [0.2, 0.25) is 0 Å². The van der Waals surface area contributed by atoms with E-state index in [9.17, 15) is 22.4 Å². The third-order valence-electron chi connectivity index (χ3n) is 7.01. The van der Waals surface area contributed by atoms with Crippen molar-refractivity contribution in [3.05, 3.63) is 59.5 Å². The first-order valence-corrected chi connectivity index (χ1v) is 11.3. The number of likely N-dealkylation sites (tertiary alicyclic amines) is 1. The van der Waals surface area contributed by atoms with E-state index in [1.807, 2.05) is 25.1 Å². The molecular weight excluding hydrogens is 448 g/mol. The normalized spacial score (nSPS) is 18.3. The zero-order valence-electron chi connectivity index (χ0n) is 18.8. The average Bonchev–Trinajstić information content (AvgIpc) is 3.22. The topological polar surface area (TPSA) is 51.4 Å². The van der Waals surface area contributed by atoms with Crippen LogP contribution in [0.3, 0.4) is 0 Å². The Kier molecular flexibility index (Phi) is 5.55. The molecule has 2 aliphatic rings. The number of aromatic amines is 1. The van der Waals surface area contributed by atoms with Crippen molar-refractivity contribution in [2.45, 2.75) is 25.9 Å². The van der Waals surface area contributed by atoms with Gasteiger partial charge in [0.05, 0.1) is 12.1 Å². The molecule has 34 heavy (non-hydrogen) atoms. The number of aryl methyl sites for hydroxylation is 1. The van der Waals surface area contributed by atoms with E-state index >= 15 is 0 Å². The molecule has 3 aromatic rings. The summed E-state index contributed by atoms with van der Waals surface area (Å²) in [7, 11) is 0. The number of hydrogen-bond acceptors (Lipinski definition) is 3. The summed E-state index contributed by atoms with van der Waals surface area (Å²) in [6, 6.07) is 12.1. The molecule has 2 saturated heterocycles. The van der Waals surface area contributed by atoms with E-state index in [1.165, 1.54) is 17.0 Å². The van der Waals surface area contributed by atoms with Gasteiger partial charge in [0.25, 0.3) is 5.91 Å². The van der Waals surface area contributed by atoms with Crippen molar-refractivity contribution >= 4 is 28.2 Å². The lowest BCUT2D eigenvalue weighted by Crippen LogP contribution is -2.61. The summed E-state index contributed by atoms with van der Waals surface area (Å²) < 4.78 is 51.9. The first-order chi connectivity index (χ1) is 16.1. The molecule has 5 nitrogen and oxygen atoms in total. The van der Waals surface area contributed by atoms with Gasteiger partial charge in [0.1, 0.15) is 11.5 Å². The van der Waals surface area contributed by atoms with Gasteiger partial charge in [0.15, 0.2) is 0 Å². The minimum atomic E-state index is -4.15. The van der Waals surface area contributed by atoms with Crippen LogP contribution in [0.25, 0.3) is 10.9 Å². The molecule has 0 aliphatic carbocycles. The van der Waals surface area contributed by atoms with Crippen LogP contribution in [0.5, 0.6) is 0 Å². The molecule has 180 valence electrons. The highest BCUT2D eigenvalue weighted by atomic mass is 19.4. The number of aromatic nitrogens is 1. The van der Waals surface area contributed by atoms with Crippen LogP contribution in [0.1, 0.15) is 28.9 Å². The molecule has 0 radical (unpaired) electrons. The Bertz CT molecular complexity index is 1180. The smallest absolute Gasteiger partial charge is 0.371 e. The molecule has 2 fully saturated rings. The number of nitrogens with one attached hydrogen (secondary N) is 2. The molecule has 1 amide bonds. The van der Waals surface area contributed by atoms with Gasteiger partial charge in [-0.15, -0.1) is 0 Å². The maximum absolute atomic E-state index is 14.1. The van der Waals surface area contributed by atoms with Gasteiger partial charge in [0, 0.05) is 42.9 Å². The third-order valence-corrected chi connectivity index (χ3v) is 7.01. The monoisotopic (exact) mass is 474 g/mol.